The highest BCUT2D eigenvalue weighted by Gasteiger charge is 2.24. The van der Waals surface area contributed by atoms with E-state index in [2.05, 4.69) is 0 Å². The van der Waals surface area contributed by atoms with Crippen LogP contribution in [0, 0.1) is 19.8 Å². The van der Waals surface area contributed by atoms with Crippen LogP contribution >= 0.6 is 11.6 Å². The average Bonchev–Trinajstić information content (AvgIpc) is 2.80. The molecule has 0 spiro atoms. The molecule has 0 aromatic heterocycles. The average molecular weight is 269 g/mol. The van der Waals surface area contributed by atoms with Gasteiger partial charge < -0.3 is 9.47 Å². The van der Waals surface area contributed by atoms with Crippen LogP contribution in [0.1, 0.15) is 17.5 Å². The zero-order valence-electron chi connectivity index (χ0n) is 10.7. The first kappa shape index (κ1) is 13.4. The largest absolute Gasteiger partial charge is 0.485 e. The maximum atomic E-state index is 11.9. The topological polar surface area (TPSA) is 35.5 Å². The van der Waals surface area contributed by atoms with Crippen LogP contribution in [0.5, 0.6) is 5.75 Å². The standard InChI is InChI=1S/C14H17ClO3/c1-9-5-12(15)6-10(2)14(9)18-8-13(16)11-3-4-17-7-11/h5-6,11H,3-4,7-8H2,1-2H3. The van der Waals surface area contributed by atoms with Gasteiger partial charge in [0.2, 0.25) is 0 Å². The summed E-state index contributed by atoms with van der Waals surface area (Å²) in [5, 5.41) is 0.688. The lowest BCUT2D eigenvalue weighted by molar-refractivity contribution is -0.124. The van der Waals surface area contributed by atoms with Gasteiger partial charge in [-0.25, -0.2) is 0 Å². The van der Waals surface area contributed by atoms with Crippen LogP contribution in [0.2, 0.25) is 5.02 Å². The fourth-order valence-corrected chi connectivity index (χ4v) is 2.50. The number of ketones is 1. The maximum absolute atomic E-state index is 11.9. The molecule has 0 bridgehead atoms. The van der Waals surface area contributed by atoms with Crippen molar-refractivity contribution >= 4 is 17.4 Å². The first-order valence-electron chi connectivity index (χ1n) is 6.08. The quantitative estimate of drug-likeness (QED) is 0.842. The van der Waals surface area contributed by atoms with Crippen LogP contribution in [-0.2, 0) is 9.53 Å². The van der Waals surface area contributed by atoms with Gasteiger partial charge in [-0.05, 0) is 43.5 Å². The number of aryl methyl sites for hydroxylation is 2. The first-order chi connectivity index (χ1) is 8.58. The van der Waals surface area contributed by atoms with Gasteiger partial charge in [0.05, 0.1) is 6.61 Å². The third-order valence-corrected chi connectivity index (χ3v) is 3.39. The Labute approximate surface area is 112 Å². The van der Waals surface area contributed by atoms with E-state index in [0.29, 0.717) is 18.2 Å². The Bertz CT molecular complexity index is 427. The maximum Gasteiger partial charge on any atom is 0.175 e. The molecule has 1 atom stereocenters. The number of halogens is 1. The summed E-state index contributed by atoms with van der Waals surface area (Å²) in [6, 6.07) is 3.68. The van der Waals surface area contributed by atoms with Gasteiger partial charge in [0.15, 0.2) is 5.78 Å². The minimum Gasteiger partial charge on any atom is -0.485 e. The molecule has 1 aromatic carbocycles. The van der Waals surface area contributed by atoms with Crippen molar-refractivity contribution < 1.29 is 14.3 Å². The van der Waals surface area contributed by atoms with E-state index in [9.17, 15) is 4.79 Å². The van der Waals surface area contributed by atoms with Gasteiger partial charge in [-0.3, -0.25) is 4.79 Å². The summed E-state index contributed by atoms with van der Waals surface area (Å²) in [5.74, 6) is 0.867. The lowest BCUT2D eigenvalue weighted by atomic mass is 10.0. The molecule has 1 aliphatic heterocycles. The van der Waals surface area contributed by atoms with E-state index >= 15 is 0 Å². The molecule has 18 heavy (non-hydrogen) atoms. The third kappa shape index (κ3) is 3.03. The van der Waals surface area contributed by atoms with Crippen LogP contribution < -0.4 is 4.74 Å². The molecule has 1 heterocycles. The molecule has 1 saturated heterocycles. The van der Waals surface area contributed by atoms with E-state index in [-0.39, 0.29) is 18.3 Å². The van der Waals surface area contributed by atoms with E-state index in [1.165, 1.54) is 0 Å². The molecule has 1 aliphatic rings. The van der Waals surface area contributed by atoms with Crippen molar-refractivity contribution in [1.82, 2.24) is 0 Å². The SMILES string of the molecule is Cc1cc(Cl)cc(C)c1OCC(=O)C1CCOC1. The van der Waals surface area contributed by atoms with Crippen molar-refractivity contribution in [1.29, 1.82) is 0 Å². The molecule has 1 fully saturated rings. The molecule has 0 aliphatic carbocycles. The molecule has 98 valence electrons. The summed E-state index contributed by atoms with van der Waals surface area (Å²) < 4.78 is 10.8. The number of carbonyl (C=O) groups excluding carboxylic acids is 1. The second-order valence-electron chi connectivity index (χ2n) is 4.68. The minimum absolute atomic E-state index is 0.00193. The normalized spacial score (nSPS) is 18.9. The van der Waals surface area contributed by atoms with Crippen molar-refractivity contribution in [2.45, 2.75) is 20.3 Å². The monoisotopic (exact) mass is 268 g/mol. The smallest absolute Gasteiger partial charge is 0.175 e. The predicted octanol–water partition coefficient (Wildman–Crippen LogP) is 2.94. The van der Waals surface area contributed by atoms with E-state index in [1.807, 2.05) is 26.0 Å². The molecular formula is C14H17ClO3. The predicted molar refractivity (Wildman–Crippen MR) is 70.4 cm³/mol. The molecule has 0 amide bonds. The Balaban J connectivity index is 1.99. The van der Waals surface area contributed by atoms with E-state index in [0.717, 1.165) is 23.3 Å². The lowest BCUT2D eigenvalue weighted by Crippen LogP contribution is -2.22. The third-order valence-electron chi connectivity index (χ3n) is 3.17. The Hall–Kier alpha value is -1.06. The zero-order valence-corrected chi connectivity index (χ0v) is 11.4. The van der Waals surface area contributed by atoms with Crippen molar-refractivity contribution in [2.75, 3.05) is 19.8 Å². The Morgan fingerprint density at radius 1 is 1.44 bits per heavy atom. The minimum atomic E-state index is -0.00193. The van der Waals surface area contributed by atoms with Crippen molar-refractivity contribution in [2.24, 2.45) is 5.92 Å². The molecule has 0 N–H and O–H groups in total. The number of Topliss-reactive ketones (excluding diaryl/α,β-unsaturated/α-hetero) is 1. The number of hydrogen-bond acceptors (Lipinski definition) is 3. The highest BCUT2D eigenvalue weighted by molar-refractivity contribution is 6.30. The summed E-state index contributed by atoms with van der Waals surface area (Å²) in [4.78, 5) is 11.9. The van der Waals surface area contributed by atoms with E-state index in [4.69, 9.17) is 21.1 Å². The van der Waals surface area contributed by atoms with Crippen LogP contribution in [0.15, 0.2) is 12.1 Å². The summed E-state index contributed by atoms with van der Waals surface area (Å²) in [5.41, 5.74) is 1.91. The van der Waals surface area contributed by atoms with Crippen LogP contribution in [0.25, 0.3) is 0 Å². The molecule has 0 radical (unpaired) electrons. The first-order valence-corrected chi connectivity index (χ1v) is 6.45. The molecule has 4 heteroatoms. The molecular weight excluding hydrogens is 252 g/mol. The number of hydrogen-bond donors (Lipinski definition) is 0. The molecule has 0 saturated carbocycles. The summed E-state index contributed by atoms with van der Waals surface area (Å²) >= 11 is 5.95. The highest BCUT2D eigenvalue weighted by Crippen LogP contribution is 2.27. The Morgan fingerprint density at radius 3 is 2.67 bits per heavy atom. The molecule has 1 unspecified atom stereocenters. The van der Waals surface area contributed by atoms with E-state index in [1.54, 1.807) is 0 Å². The lowest BCUT2D eigenvalue weighted by Gasteiger charge is -2.13. The summed E-state index contributed by atoms with van der Waals surface area (Å²) in [6.07, 6.45) is 0.806. The van der Waals surface area contributed by atoms with Gasteiger partial charge in [0.1, 0.15) is 12.4 Å². The van der Waals surface area contributed by atoms with Gasteiger partial charge >= 0.3 is 0 Å². The Morgan fingerprint density at radius 2 is 2.11 bits per heavy atom. The number of carbonyl (C=O) groups is 1. The highest BCUT2D eigenvalue weighted by atomic mass is 35.5. The van der Waals surface area contributed by atoms with Gasteiger partial charge in [-0.15, -0.1) is 0 Å². The summed E-state index contributed by atoms with van der Waals surface area (Å²) in [6.45, 7) is 5.17. The molecule has 3 nitrogen and oxygen atoms in total. The van der Waals surface area contributed by atoms with E-state index < -0.39 is 0 Å². The summed E-state index contributed by atoms with van der Waals surface area (Å²) in [7, 11) is 0. The second-order valence-corrected chi connectivity index (χ2v) is 5.12. The van der Waals surface area contributed by atoms with Crippen LogP contribution in [0.3, 0.4) is 0 Å². The van der Waals surface area contributed by atoms with Crippen molar-refractivity contribution in [3.8, 4) is 5.75 Å². The Kier molecular flexibility index (Phi) is 4.25. The van der Waals surface area contributed by atoms with Gasteiger partial charge in [0, 0.05) is 17.5 Å². The fourth-order valence-electron chi connectivity index (χ4n) is 2.17. The number of rotatable bonds is 4. The molecule has 2 rings (SSSR count). The van der Waals surface area contributed by atoms with Crippen LogP contribution in [-0.4, -0.2) is 25.6 Å². The zero-order chi connectivity index (χ0) is 13.1. The molecule has 1 aromatic rings. The van der Waals surface area contributed by atoms with Crippen molar-refractivity contribution in [3.05, 3.63) is 28.3 Å². The number of benzene rings is 1. The van der Waals surface area contributed by atoms with Gasteiger partial charge in [0.25, 0.3) is 0 Å². The second kappa shape index (κ2) is 5.72. The van der Waals surface area contributed by atoms with Crippen LogP contribution in [0.4, 0.5) is 0 Å². The fraction of sp³-hybridized carbons (Fsp3) is 0.500. The number of ether oxygens (including phenoxy) is 2. The van der Waals surface area contributed by atoms with Crippen molar-refractivity contribution in [3.63, 3.8) is 0 Å². The van der Waals surface area contributed by atoms with Gasteiger partial charge in [-0.2, -0.15) is 0 Å². The van der Waals surface area contributed by atoms with Gasteiger partial charge in [-0.1, -0.05) is 11.6 Å².